The molecule has 0 spiro atoms. The number of aryl methyl sites for hydroxylation is 1. The molecule has 0 aliphatic rings. The van der Waals surface area contributed by atoms with E-state index in [0.717, 1.165) is 11.1 Å². The second-order valence-corrected chi connectivity index (χ2v) is 3.31. The summed E-state index contributed by atoms with van der Waals surface area (Å²) < 4.78 is 0. The van der Waals surface area contributed by atoms with Gasteiger partial charge in [-0.25, -0.2) is 0 Å². The zero-order valence-electron chi connectivity index (χ0n) is 8.10. The van der Waals surface area contributed by atoms with E-state index in [1.54, 1.807) is 6.92 Å². The number of hydrogen-bond acceptors (Lipinski definition) is 2. The van der Waals surface area contributed by atoms with Gasteiger partial charge in [0.15, 0.2) is 0 Å². The lowest BCUT2D eigenvalue weighted by molar-refractivity contribution is -0.136. The van der Waals surface area contributed by atoms with Crippen LogP contribution in [0.1, 0.15) is 30.6 Å². The van der Waals surface area contributed by atoms with E-state index >= 15 is 0 Å². The SMILES string of the molecule is CC(O)c1cccc(CCC(=O)O)c1. The third-order valence-electron chi connectivity index (χ3n) is 2.06. The van der Waals surface area contributed by atoms with Crippen molar-refractivity contribution >= 4 is 5.97 Å². The molecule has 3 nitrogen and oxygen atoms in total. The fraction of sp³-hybridized carbons (Fsp3) is 0.364. The Hall–Kier alpha value is -1.35. The molecule has 1 rings (SSSR count). The van der Waals surface area contributed by atoms with Crippen molar-refractivity contribution in [3.8, 4) is 0 Å². The maximum atomic E-state index is 10.3. The van der Waals surface area contributed by atoms with Crippen LogP contribution in [0.5, 0.6) is 0 Å². The second-order valence-electron chi connectivity index (χ2n) is 3.31. The van der Waals surface area contributed by atoms with Crippen molar-refractivity contribution in [1.82, 2.24) is 0 Å². The third-order valence-corrected chi connectivity index (χ3v) is 2.06. The largest absolute Gasteiger partial charge is 0.481 e. The number of carboxylic acid groups (broad SMARTS) is 1. The minimum Gasteiger partial charge on any atom is -0.481 e. The maximum absolute atomic E-state index is 10.3. The van der Waals surface area contributed by atoms with E-state index in [0.29, 0.717) is 6.42 Å². The average Bonchev–Trinajstić information content (AvgIpc) is 2.15. The Morgan fingerprint density at radius 3 is 2.79 bits per heavy atom. The predicted molar refractivity (Wildman–Crippen MR) is 53.0 cm³/mol. The van der Waals surface area contributed by atoms with Crippen LogP contribution in [0.3, 0.4) is 0 Å². The molecule has 1 aromatic rings. The zero-order chi connectivity index (χ0) is 10.6. The number of benzene rings is 1. The van der Waals surface area contributed by atoms with Gasteiger partial charge in [0.1, 0.15) is 0 Å². The van der Waals surface area contributed by atoms with Crippen LogP contribution >= 0.6 is 0 Å². The Labute approximate surface area is 83.0 Å². The molecule has 0 aliphatic heterocycles. The van der Waals surface area contributed by atoms with Gasteiger partial charge in [0.2, 0.25) is 0 Å². The molecule has 0 bridgehead atoms. The summed E-state index contributed by atoms with van der Waals surface area (Å²) in [7, 11) is 0. The van der Waals surface area contributed by atoms with Gasteiger partial charge in [0.05, 0.1) is 6.10 Å². The topological polar surface area (TPSA) is 57.5 Å². The van der Waals surface area contributed by atoms with Crippen molar-refractivity contribution in [1.29, 1.82) is 0 Å². The molecule has 14 heavy (non-hydrogen) atoms. The van der Waals surface area contributed by atoms with E-state index in [1.807, 2.05) is 24.3 Å². The average molecular weight is 194 g/mol. The number of hydrogen-bond donors (Lipinski definition) is 2. The molecule has 0 saturated carbocycles. The van der Waals surface area contributed by atoms with Gasteiger partial charge in [-0.1, -0.05) is 24.3 Å². The standard InChI is InChI=1S/C11H14O3/c1-8(12)10-4-2-3-9(7-10)5-6-11(13)14/h2-4,7-8,12H,5-6H2,1H3,(H,13,14). The van der Waals surface area contributed by atoms with Crippen molar-refractivity contribution in [2.24, 2.45) is 0 Å². The van der Waals surface area contributed by atoms with Crippen molar-refractivity contribution in [2.45, 2.75) is 25.9 Å². The molecule has 0 fully saturated rings. The Balaban J connectivity index is 2.68. The first-order chi connectivity index (χ1) is 6.59. The van der Waals surface area contributed by atoms with E-state index in [4.69, 9.17) is 5.11 Å². The summed E-state index contributed by atoms with van der Waals surface area (Å²) in [5.41, 5.74) is 1.78. The van der Waals surface area contributed by atoms with Crippen LogP contribution in [0.15, 0.2) is 24.3 Å². The highest BCUT2D eigenvalue weighted by Gasteiger charge is 2.03. The number of aliphatic carboxylic acids is 1. The lowest BCUT2D eigenvalue weighted by Gasteiger charge is -2.06. The molecule has 1 atom stereocenters. The van der Waals surface area contributed by atoms with Crippen LogP contribution in [0.2, 0.25) is 0 Å². The first kappa shape index (κ1) is 10.7. The molecule has 0 radical (unpaired) electrons. The fourth-order valence-corrected chi connectivity index (χ4v) is 1.26. The summed E-state index contributed by atoms with van der Waals surface area (Å²) >= 11 is 0. The van der Waals surface area contributed by atoms with Crippen molar-refractivity contribution in [3.63, 3.8) is 0 Å². The molecule has 1 unspecified atom stereocenters. The first-order valence-corrected chi connectivity index (χ1v) is 4.58. The van der Waals surface area contributed by atoms with Gasteiger partial charge in [0, 0.05) is 6.42 Å². The minimum absolute atomic E-state index is 0.128. The number of carbonyl (C=O) groups is 1. The summed E-state index contributed by atoms with van der Waals surface area (Å²) in [6.07, 6.45) is 0.138. The number of aliphatic hydroxyl groups is 1. The number of carboxylic acids is 1. The second kappa shape index (κ2) is 4.77. The van der Waals surface area contributed by atoms with Gasteiger partial charge < -0.3 is 10.2 Å². The molecule has 0 aliphatic carbocycles. The molecule has 0 amide bonds. The summed E-state index contributed by atoms with van der Waals surface area (Å²) in [4.78, 5) is 10.3. The summed E-state index contributed by atoms with van der Waals surface area (Å²) in [5.74, 6) is -0.799. The van der Waals surface area contributed by atoms with E-state index < -0.39 is 12.1 Å². The van der Waals surface area contributed by atoms with Crippen LogP contribution in [0.4, 0.5) is 0 Å². The quantitative estimate of drug-likeness (QED) is 0.767. The molecule has 76 valence electrons. The van der Waals surface area contributed by atoms with Crippen LogP contribution in [-0.2, 0) is 11.2 Å². The van der Waals surface area contributed by atoms with E-state index in [1.165, 1.54) is 0 Å². The van der Waals surface area contributed by atoms with Crippen molar-refractivity contribution in [3.05, 3.63) is 35.4 Å². The normalized spacial score (nSPS) is 12.4. The molecule has 0 saturated heterocycles. The van der Waals surface area contributed by atoms with Crippen LogP contribution in [0, 0.1) is 0 Å². The molecular formula is C11H14O3. The minimum atomic E-state index is -0.799. The predicted octanol–water partition coefficient (Wildman–Crippen LogP) is 1.76. The molecular weight excluding hydrogens is 180 g/mol. The summed E-state index contributed by atoms with van der Waals surface area (Å²) in [6, 6.07) is 7.37. The molecule has 1 aromatic carbocycles. The lowest BCUT2D eigenvalue weighted by atomic mass is 10.0. The Bertz CT molecular complexity index is 318. The Kier molecular flexibility index (Phi) is 3.65. The van der Waals surface area contributed by atoms with Crippen LogP contribution in [-0.4, -0.2) is 16.2 Å². The summed E-state index contributed by atoms with van der Waals surface area (Å²) in [5, 5.41) is 17.8. The van der Waals surface area contributed by atoms with Gasteiger partial charge in [-0.3, -0.25) is 4.79 Å². The Morgan fingerprint density at radius 2 is 2.21 bits per heavy atom. The van der Waals surface area contributed by atoms with Crippen molar-refractivity contribution < 1.29 is 15.0 Å². The maximum Gasteiger partial charge on any atom is 0.303 e. The highest BCUT2D eigenvalue weighted by Crippen LogP contribution is 2.14. The fourth-order valence-electron chi connectivity index (χ4n) is 1.26. The van der Waals surface area contributed by atoms with E-state index in [2.05, 4.69) is 0 Å². The van der Waals surface area contributed by atoms with E-state index in [9.17, 15) is 9.90 Å². The summed E-state index contributed by atoms with van der Waals surface area (Å²) in [6.45, 7) is 1.69. The van der Waals surface area contributed by atoms with Crippen molar-refractivity contribution in [2.75, 3.05) is 0 Å². The first-order valence-electron chi connectivity index (χ1n) is 4.58. The van der Waals surface area contributed by atoms with Crippen LogP contribution in [0.25, 0.3) is 0 Å². The lowest BCUT2D eigenvalue weighted by Crippen LogP contribution is -1.98. The zero-order valence-corrected chi connectivity index (χ0v) is 8.10. The van der Waals surface area contributed by atoms with Gasteiger partial charge in [0.25, 0.3) is 0 Å². The molecule has 0 aromatic heterocycles. The highest BCUT2D eigenvalue weighted by atomic mass is 16.4. The van der Waals surface area contributed by atoms with E-state index in [-0.39, 0.29) is 6.42 Å². The molecule has 0 heterocycles. The third kappa shape index (κ3) is 3.18. The van der Waals surface area contributed by atoms with Gasteiger partial charge in [-0.05, 0) is 24.5 Å². The molecule has 2 N–H and O–H groups in total. The number of aliphatic hydroxyl groups excluding tert-OH is 1. The highest BCUT2D eigenvalue weighted by molar-refractivity contribution is 5.67. The van der Waals surface area contributed by atoms with Gasteiger partial charge in [-0.15, -0.1) is 0 Å². The number of rotatable bonds is 4. The van der Waals surface area contributed by atoms with Crippen LogP contribution < -0.4 is 0 Å². The monoisotopic (exact) mass is 194 g/mol. The smallest absolute Gasteiger partial charge is 0.303 e. The van der Waals surface area contributed by atoms with Gasteiger partial charge >= 0.3 is 5.97 Å². The molecule has 3 heteroatoms. The Morgan fingerprint density at radius 1 is 1.50 bits per heavy atom. The van der Waals surface area contributed by atoms with Gasteiger partial charge in [-0.2, -0.15) is 0 Å².